The Balaban J connectivity index is 1.21. The summed E-state index contributed by atoms with van der Waals surface area (Å²) in [5, 5.41) is 29.2. The van der Waals surface area contributed by atoms with Crippen LogP contribution in [0.5, 0.6) is 0 Å². The summed E-state index contributed by atoms with van der Waals surface area (Å²) in [7, 11) is 0. The lowest BCUT2D eigenvalue weighted by Crippen LogP contribution is -2.44. The fraction of sp³-hybridized carbons (Fsp3) is 0.538. The minimum atomic E-state index is -0.898. The number of hydrogen-bond acceptors (Lipinski definition) is 7. The molecular formula is C26H28Cl2N2O4S. The van der Waals surface area contributed by atoms with E-state index in [1.54, 1.807) is 0 Å². The molecule has 2 aromatic heterocycles. The largest absolute Gasteiger partial charge is 0.396 e. The molecule has 2 heterocycles. The van der Waals surface area contributed by atoms with Crippen LogP contribution in [0.25, 0.3) is 11.3 Å². The quantitative estimate of drug-likeness (QED) is 0.362. The highest BCUT2D eigenvalue weighted by Gasteiger charge is 2.56. The number of aliphatic hydroxyl groups excluding tert-OH is 1. The van der Waals surface area contributed by atoms with Gasteiger partial charge in [0.05, 0.1) is 28.5 Å². The zero-order chi connectivity index (χ0) is 24.2. The maximum absolute atomic E-state index is 11.7. The third-order valence-corrected chi connectivity index (χ3v) is 9.56. The van der Waals surface area contributed by atoms with Crippen molar-refractivity contribution in [3.8, 4) is 11.3 Å². The highest BCUT2D eigenvalue weighted by molar-refractivity contribution is 7.09. The second-order valence-corrected chi connectivity index (χ2v) is 11.7. The fourth-order valence-electron chi connectivity index (χ4n) is 5.96. The van der Waals surface area contributed by atoms with Crippen molar-refractivity contribution in [3.05, 3.63) is 55.6 Å². The molecule has 3 fully saturated rings. The van der Waals surface area contributed by atoms with Gasteiger partial charge in [-0.15, -0.1) is 11.3 Å². The molecule has 1 aromatic carbocycles. The summed E-state index contributed by atoms with van der Waals surface area (Å²) in [6.07, 6.45) is 6.25. The van der Waals surface area contributed by atoms with Crippen molar-refractivity contribution >= 4 is 34.5 Å². The van der Waals surface area contributed by atoms with E-state index in [1.807, 2.05) is 23.6 Å². The molecule has 0 amide bonds. The molecule has 3 saturated carbocycles. The van der Waals surface area contributed by atoms with Crippen LogP contribution < -0.4 is 0 Å². The smallest absolute Gasteiger partial charge is 0.145 e. The zero-order valence-corrected chi connectivity index (χ0v) is 21.6. The Bertz CT molecular complexity index is 1190. The summed E-state index contributed by atoms with van der Waals surface area (Å²) in [4.78, 5) is 4.67. The maximum atomic E-state index is 11.7. The normalized spacial score (nSPS) is 28.1. The molecule has 3 aromatic rings. The van der Waals surface area contributed by atoms with Gasteiger partial charge in [-0.3, -0.25) is 0 Å². The van der Waals surface area contributed by atoms with E-state index in [4.69, 9.17) is 32.5 Å². The summed E-state index contributed by atoms with van der Waals surface area (Å²) in [5.74, 6) is 1.48. The molecular weight excluding hydrogens is 507 g/mol. The summed E-state index contributed by atoms with van der Waals surface area (Å²) in [5.41, 5.74) is 2.24. The van der Waals surface area contributed by atoms with E-state index in [0.29, 0.717) is 40.2 Å². The summed E-state index contributed by atoms with van der Waals surface area (Å²) < 4.78 is 12.3. The molecule has 0 saturated heterocycles. The van der Waals surface area contributed by atoms with Gasteiger partial charge in [-0.2, -0.15) is 0 Å². The van der Waals surface area contributed by atoms with E-state index in [9.17, 15) is 10.2 Å². The Morgan fingerprint density at radius 1 is 1.11 bits per heavy atom. The molecule has 2 N–H and O–H groups in total. The number of nitrogens with zero attached hydrogens (tertiary/aromatic N) is 2. The Hall–Kier alpha value is -1.48. The SMILES string of the molecule is OCCc1csc([C@@]2(O)[C@@H]3CC[C@H]2C[C@@H](OCc2c(-c4c(Cl)cccc4Cl)noc2C2CC2)C3)n1. The van der Waals surface area contributed by atoms with Gasteiger partial charge in [-0.1, -0.05) is 34.4 Å². The van der Waals surface area contributed by atoms with E-state index in [-0.39, 0.29) is 24.5 Å². The predicted octanol–water partition coefficient (Wildman–Crippen LogP) is 6.11. The first-order valence-electron chi connectivity index (χ1n) is 12.3. The number of aromatic nitrogens is 2. The zero-order valence-electron chi connectivity index (χ0n) is 19.3. The first kappa shape index (κ1) is 23.9. The number of fused-ring (bicyclic) bond motifs is 2. The first-order valence-corrected chi connectivity index (χ1v) is 13.9. The van der Waals surface area contributed by atoms with Gasteiger partial charge in [0, 0.05) is 35.5 Å². The van der Waals surface area contributed by atoms with E-state index in [2.05, 4.69) is 10.1 Å². The highest BCUT2D eigenvalue weighted by atomic mass is 35.5. The van der Waals surface area contributed by atoms with Crippen LogP contribution in [0.15, 0.2) is 28.1 Å². The summed E-state index contributed by atoms with van der Waals surface area (Å²) in [6.45, 7) is 0.449. The standard InChI is InChI=1S/C26H28Cl2N2O4S/c27-20-2-1-3-21(28)22(20)23-19(24(34-30-23)14-4-5-14)12-33-18-10-15-6-7-16(11-18)26(15,32)25-29-17(8-9-31)13-35-25/h1-3,13-16,18,31-32H,4-12H2/t15-,16+,18+,26-. The van der Waals surface area contributed by atoms with E-state index in [1.165, 1.54) is 11.3 Å². The average Bonchev–Trinajstić information content (AvgIpc) is 3.39. The number of aliphatic hydroxyl groups is 2. The molecule has 6 nitrogen and oxygen atoms in total. The van der Waals surface area contributed by atoms with Crippen molar-refractivity contribution in [2.24, 2.45) is 11.8 Å². The van der Waals surface area contributed by atoms with Crippen LogP contribution in [0.2, 0.25) is 10.0 Å². The monoisotopic (exact) mass is 534 g/mol. The Morgan fingerprint density at radius 2 is 1.83 bits per heavy atom. The van der Waals surface area contributed by atoms with Crippen molar-refractivity contribution in [2.45, 2.75) is 69.2 Å². The average molecular weight is 535 g/mol. The van der Waals surface area contributed by atoms with Crippen molar-refractivity contribution in [2.75, 3.05) is 6.61 Å². The van der Waals surface area contributed by atoms with E-state index < -0.39 is 5.60 Å². The molecule has 186 valence electrons. The van der Waals surface area contributed by atoms with Gasteiger partial charge in [0.1, 0.15) is 22.1 Å². The third kappa shape index (κ3) is 4.24. The van der Waals surface area contributed by atoms with Gasteiger partial charge in [0.2, 0.25) is 0 Å². The Morgan fingerprint density at radius 3 is 2.49 bits per heavy atom. The van der Waals surface area contributed by atoms with Crippen LogP contribution in [0.4, 0.5) is 0 Å². The minimum Gasteiger partial charge on any atom is -0.396 e. The van der Waals surface area contributed by atoms with Gasteiger partial charge >= 0.3 is 0 Å². The molecule has 4 atom stereocenters. The topological polar surface area (TPSA) is 88.6 Å². The lowest BCUT2D eigenvalue weighted by atomic mass is 9.73. The summed E-state index contributed by atoms with van der Waals surface area (Å²) in [6, 6.07) is 5.44. The van der Waals surface area contributed by atoms with Gasteiger partial charge in [-0.25, -0.2) is 4.98 Å². The molecule has 0 aliphatic heterocycles. The van der Waals surface area contributed by atoms with Crippen molar-refractivity contribution < 1.29 is 19.5 Å². The van der Waals surface area contributed by atoms with Crippen molar-refractivity contribution in [1.82, 2.24) is 10.1 Å². The van der Waals surface area contributed by atoms with Gasteiger partial charge < -0.3 is 19.5 Å². The molecule has 3 aliphatic carbocycles. The molecule has 2 bridgehead atoms. The number of benzene rings is 1. The second kappa shape index (κ2) is 9.43. The van der Waals surface area contributed by atoms with Crippen molar-refractivity contribution in [3.63, 3.8) is 0 Å². The molecule has 9 heteroatoms. The van der Waals surface area contributed by atoms with Gasteiger partial charge in [-0.05, 0) is 62.5 Å². The molecule has 0 radical (unpaired) electrons. The molecule has 0 unspecified atom stereocenters. The molecule has 0 spiro atoms. The van der Waals surface area contributed by atoms with Crippen molar-refractivity contribution in [1.29, 1.82) is 0 Å². The molecule has 3 aliphatic rings. The number of halogens is 2. The Labute approximate surface area is 218 Å². The van der Waals surface area contributed by atoms with Crippen LogP contribution in [0, 0.1) is 11.8 Å². The third-order valence-electron chi connectivity index (χ3n) is 7.90. The number of ether oxygens (including phenoxy) is 1. The lowest BCUT2D eigenvalue weighted by molar-refractivity contribution is -0.116. The van der Waals surface area contributed by atoms with E-state index >= 15 is 0 Å². The number of hydrogen-bond donors (Lipinski definition) is 2. The number of thiazole rings is 1. The Kier molecular flexibility index (Phi) is 6.44. The predicted molar refractivity (Wildman–Crippen MR) is 135 cm³/mol. The molecule has 35 heavy (non-hydrogen) atoms. The van der Waals surface area contributed by atoms with Crippen LogP contribution in [0.1, 0.15) is 66.5 Å². The summed E-state index contributed by atoms with van der Waals surface area (Å²) >= 11 is 14.5. The van der Waals surface area contributed by atoms with Crippen LogP contribution in [-0.2, 0) is 23.4 Å². The molecule has 6 rings (SSSR count). The lowest BCUT2D eigenvalue weighted by Gasteiger charge is -2.41. The number of rotatable bonds is 8. The van der Waals surface area contributed by atoms with E-state index in [0.717, 1.165) is 60.6 Å². The maximum Gasteiger partial charge on any atom is 0.145 e. The fourth-order valence-corrected chi connectivity index (χ4v) is 7.64. The van der Waals surface area contributed by atoms with Gasteiger partial charge in [0.25, 0.3) is 0 Å². The van der Waals surface area contributed by atoms with Crippen LogP contribution in [-0.4, -0.2) is 33.1 Å². The van der Waals surface area contributed by atoms with Gasteiger partial charge in [0.15, 0.2) is 0 Å². The minimum absolute atomic E-state index is 0.0427. The van der Waals surface area contributed by atoms with Crippen LogP contribution >= 0.6 is 34.5 Å². The highest BCUT2D eigenvalue weighted by Crippen LogP contribution is 2.56. The second-order valence-electron chi connectivity index (χ2n) is 10.1. The van der Waals surface area contributed by atoms with Crippen LogP contribution in [0.3, 0.4) is 0 Å². The first-order chi connectivity index (χ1) is 17.0.